The second kappa shape index (κ2) is 10.7. The molecule has 2 aromatic carbocycles. The third-order valence-corrected chi connectivity index (χ3v) is 6.37. The molecule has 0 fully saturated rings. The molecule has 0 aliphatic carbocycles. The van der Waals surface area contributed by atoms with Gasteiger partial charge < -0.3 is 15.5 Å². The number of carbonyl (C=O) groups excluding carboxylic acids is 1. The highest BCUT2D eigenvalue weighted by atomic mass is 32.2. The predicted molar refractivity (Wildman–Crippen MR) is 113 cm³/mol. The highest BCUT2D eigenvalue weighted by molar-refractivity contribution is 7.89. The molecule has 10 heteroatoms. The van der Waals surface area contributed by atoms with E-state index in [9.17, 15) is 28.2 Å². The van der Waals surface area contributed by atoms with E-state index in [1.54, 1.807) is 0 Å². The molecular formula is C21H23N3O6S. The second-order valence-corrected chi connectivity index (χ2v) is 8.58. The lowest BCUT2D eigenvalue weighted by molar-refractivity contribution is 0.0698. The summed E-state index contributed by atoms with van der Waals surface area (Å²) >= 11 is 0. The smallest absolute Gasteiger partial charge is 0.337 e. The van der Waals surface area contributed by atoms with E-state index in [1.165, 1.54) is 36.4 Å². The Bertz CT molecular complexity index is 1110. The van der Waals surface area contributed by atoms with Crippen molar-refractivity contribution in [3.05, 3.63) is 59.2 Å². The van der Waals surface area contributed by atoms with Crippen LogP contribution in [-0.2, 0) is 10.0 Å². The van der Waals surface area contributed by atoms with Crippen LogP contribution in [0.15, 0.2) is 47.4 Å². The summed E-state index contributed by atoms with van der Waals surface area (Å²) in [6, 6.07) is 11.0. The van der Waals surface area contributed by atoms with Crippen molar-refractivity contribution in [2.45, 2.75) is 24.7 Å². The Morgan fingerprint density at radius 3 is 2.52 bits per heavy atom. The number of rotatable bonds is 10. The van der Waals surface area contributed by atoms with Gasteiger partial charge in [-0.3, -0.25) is 4.79 Å². The van der Waals surface area contributed by atoms with E-state index < -0.39 is 21.9 Å². The molecule has 0 unspecified atom stereocenters. The number of unbranched alkanes of at least 4 members (excludes halogenated alkanes) is 1. The number of nitrogens with one attached hydrogen (secondary N) is 1. The number of nitrogens with zero attached hydrogens (tertiary/aromatic N) is 2. The Labute approximate surface area is 180 Å². The van der Waals surface area contributed by atoms with Crippen molar-refractivity contribution < 1.29 is 28.2 Å². The van der Waals surface area contributed by atoms with Gasteiger partial charge in [-0.1, -0.05) is 19.4 Å². The van der Waals surface area contributed by atoms with E-state index >= 15 is 0 Å². The van der Waals surface area contributed by atoms with Crippen LogP contribution in [0.4, 0.5) is 5.69 Å². The van der Waals surface area contributed by atoms with Gasteiger partial charge in [0.1, 0.15) is 0 Å². The average molecular weight is 445 g/mol. The van der Waals surface area contributed by atoms with E-state index in [1.807, 2.05) is 13.0 Å². The molecular weight excluding hydrogens is 422 g/mol. The number of carboxylic acids is 1. The number of aromatic carboxylic acids is 1. The van der Waals surface area contributed by atoms with Crippen molar-refractivity contribution in [1.29, 1.82) is 5.26 Å². The monoisotopic (exact) mass is 445 g/mol. The van der Waals surface area contributed by atoms with Gasteiger partial charge in [0.15, 0.2) is 0 Å². The number of anilines is 1. The van der Waals surface area contributed by atoms with Gasteiger partial charge in [-0.15, -0.1) is 0 Å². The standard InChI is InChI=1S/C21H23N3O6S/c1-2-3-9-24(10-11-25)31(29,30)17-6-4-5-16(13-17)20(26)23-19-8-7-15(14-22)12-18(19)21(27)28/h4-8,12-13,25H,2-3,9-11H2,1H3,(H,23,26)(H,27,28). The molecule has 1 amide bonds. The Morgan fingerprint density at radius 1 is 1.16 bits per heavy atom. The Balaban J connectivity index is 2.34. The van der Waals surface area contributed by atoms with Crippen LogP contribution in [0.3, 0.4) is 0 Å². The summed E-state index contributed by atoms with van der Waals surface area (Å²) in [6.07, 6.45) is 1.40. The van der Waals surface area contributed by atoms with Crippen LogP contribution in [0.5, 0.6) is 0 Å². The van der Waals surface area contributed by atoms with E-state index in [4.69, 9.17) is 5.26 Å². The lowest BCUT2D eigenvalue weighted by Crippen LogP contribution is -2.34. The summed E-state index contributed by atoms with van der Waals surface area (Å²) in [4.78, 5) is 24.0. The van der Waals surface area contributed by atoms with Crippen LogP contribution in [0.2, 0.25) is 0 Å². The molecule has 0 saturated heterocycles. The summed E-state index contributed by atoms with van der Waals surface area (Å²) in [5.74, 6) is -2.02. The average Bonchev–Trinajstić information content (AvgIpc) is 2.76. The fourth-order valence-electron chi connectivity index (χ4n) is 2.84. The number of carbonyl (C=O) groups is 2. The molecule has 0 radical (unpaired) electrons. The van der Waals surface area contributed by atoms with Gasteiger partial charge in [0, 0.05) is 18.7 Å². The third-order valence-electron chi connectivity index (χ3n) is 4.47. The van der Waals surface area contributed by atoms with Crippen molar-refractivity contribution in [3.8, 4) is 6.07 Å². The van der Waals surface area contributed by atoms with Crippen LogP contribution in [0.25, 0.3) is 0 Å². The summed E-state index contributed by atoms with van der Waals surface area (Å²) in [7, 11) is -3.93. The lowest BCUT2D eigenvalue weighted by Gasteiger charge is -2.21. The Kier molecular flexibility index (Phi) is 8.27. The molecule has 31 heavy (non-hydrogen) atoms. The van der Waals surface area contributed by atoms with Crippen LogP contribution in [0.1, 0.15) is 46.0 Å². The fraction of sp³-hybridized carbons (Fsp3) is 0.286. The van der Waals surface area contributed by atoms with E-state index in [-0.39, 0.29) is 47.0 Å². The first-order chi connectivity index (χ1) is 14.7. The maximum absolute atomic E-state index is 13.0. The number of nitriles is 1. The first kappa shape index (κ1) is 24.0. The van der Waals surface area contributed by atoms with Gasteiger partial charge in [-0.25, -0.2) is 13.2 Å². The number of carboxylic acid groups (broad SMARTS) is 1. The highest BCUT2D eigenvalue weighted by Crippen LogP contribution is 2.21. The van der Waals surface area contributed by atoms with Gasteiger partial charge in [-0.05, 0) is 42.8 Å². The Hall–Kier alpha value is -3.26. The molecule has 9 nitrogen and oxygen atoms in total. The van der Waals surface area contributed by atoms with Crippen molar-refractivity contribution in [3.63, 3.8) is 0 Å². The van der Waals surface area contributed by atoms with Crippen LogP contribution < -0.4 is 5.32 Å². The molecule has 0 spiro atoms. The van der Waals surface area contributed by atoms with E-state index in [0.717, 1.165) is 16.8 Å². The quantitative estimate of drug-likeness (QED) is 0.508. The van der Waals surface area contributed by atoms with Crippen LogP contribution in [-0.4, -0.2) is 54.5 Å². The van der Waals surface area contributed by atoms with E-state index in [0.29, 0.717) is 6.42 Å². The zero-order valence-corrected chi connectivity index (χ0v) is 17.7. The number of aliphatic hydroxyl groups excluding tert-OH is 1. The highest BCUT2D eigenvalue weighted by Gasteiger charge is 2.24. The maximum atomic E-state index is 13.0. The SMILES string of the molecule is CCCCN(CCO)S(=O)(=O)c1cccc(C(=O)Nc2ccc(C#N)cc2C(=O)O)c1. The first-order valence-corrected chi connectivity index (χ1v) is 11.0. The molecule has 0 bridgehead atoms. The number of sulfonamides is 1. The molecule has 0 aliphatic heterocycles. The number of hydrogen-bond donors (Lipinski definition) is 3. The van der Waals surface area contributed by atoms with E-state index in [2.05, 4.69) is 5.32 Å². The summed E-state index contributed by atoms with van der Waals surface area (Å²) < 4.78 is 27.1. The molecule has 0 heterocycles. The van der Waals surface area contributed by atoms with Crippen molar-refractivity contribution in [1.82, 2.24) is 4.31 Å². The molecule has 0 aliphatic rings. The van der Waals surface area contributed by atoms with Gasteiger partial charge in [-0.2, -0.15) is 9.57 Å². The second-order valence-electron chi connectivity index (χ2n) is 6.64. The van der Waals surface area contributed by atoms with Gasteiger partial charge >= 0.3 is 5.97 Å². The van der Waals surface area contributed by atoms with Gasteiger partial charge in [0.2, 0.25) is 10.0 Å². The van der Waals surface area contributed by atoms with Crippen molar-refractivity contribution in [2.75, 3.05) is 25.0 Å². The number of hydrogen-bond acceptors (Lipinski definition) is 6. The Morgan fingerprint density at radius 2 is 1.90 bits per heavy atom. The van der Waals surface area contributed by atoms with Crippen molar-refractivity contribution in [2.24, 2.45) is 0 Å². The lowest BCUT2D eigenvalue weighted by atomic mass is 10.1. The molecule has 3 N–H and O–H groups in total. The van der Waals surface area contributed by atoms with Gasteiger partial charge in [0.25, 0.3) is 5.91 Å². The minimum atomic E-state index is -3.93. The third kappa shape index (κ3) is 5.88. The summed E-state index contributed by atoms with van der Waals surface area (Å²) in [6.45, 7) is 1.76. The molecule has 2 rings (SSSR count). The number of amides is 1. The topological polar surface area (TPSA) is 148 Å². The minimum Gasteiger partial charge on any atom is -0.478 e. The van der Waals surface area contributed by atoms with Crippen molar-refractivity contribution >= 4 is 27.6 Å². The zero-order valence-electron chi connectivity index (χ0n) is 16.9. The van der Waals surface area contributed by atoms with Crippen LogP contribution >= 0.6 is 0 Å². The predicted octanol–water partition coefficient (Wildman–Crippen LogP) is 2.29. The molecule has 0 aromatic heterocycles. The number of aliphatic hydroxyl groups is 1. The minimum absolute atomic E-state index is 0.0150. The first-order valence-electron chi connectivity index (χ1n) is 9.54. The normalized spacial score (nSPS) is 11.2. The summed E-state index contributed by atoms with van der Waals surface area (Å²) in [5.41, 5.74) is -0.139. The number of benzene rings is 2. The fourth-order valence-corrected chi connectivity index (χ4v) is 4.36. The van der Waals surface area contributed by atoms with Crippen LogP contribution in [0, 0.1) is 11.3 Å². The molecule has 0 atom stereocenters. The largest absolute Gasteiger partial charge is 0.478 e. The molecule has 164 valence electrons. The van der Waals surface area contributed by atoms with Gasteiger partial charge in [0.05, 0.1) is 34.4 Å². The zero-order chi connectivity index (χ0) is 23.0. The maximum Gasteiger partial charge on any atom is 0.337 e. The molecule has 2 aromatic rings. The molecule has 0 saturated carbocycles. The summed E-state index contributed by atoms with van der Waals surface area (Å²) in [5, 5.41) is 29.9.